The van der Waals surface area contributed by atoms with Crippen LogP contribution in [0.15, 0.2) is 30.3 Å². The minimum atomic E-state index is -0.737. The predicted molar refractivity (Wildman–Crippen MR) is 78.9 cm³/mol. The van der Waals surface area contributed by atoms with Crippen molar-refractivity contribution in [1.82, 2.24) is 9.80 Å². The molecular formula is C15H22N2O4. The zero-order valence-electron chi connectivity index (χ0n) is 12.7. The maximum atomic E-state index is 12.1. The van der Waals surface area contributed by atoms with Crippen molar-refractivity contribution in [3.8, 4) is 0 Å². The van der Waals surface area contributed by atoms with Gasteiger partial charge in [-0.05, 0) is 12.1 Å². The second-order valence-electron chi connectivity index (χ2n) is 4.91. The fourth-order valence-electron chi connectivity index (χ4n) is 1.86. The Kier molecular flexibility index (Phi) is 6.84. The van der Waals surface area contributed by atoms with Gasteiger partial charge in [0.05, 0.1) is 19.3 Å². The van der Waals surface area contributed by atoms with E-state index in [-0.39, 0.29) is 31.5 Å². The Morgan fingerprint density at radius 3 is 2.38 bits per heavy atom. The Morgan fingerprint density at radius 2 is 1.81 bits per heavy atom. The molecule has 0 aliphatic carbocycles. The Morgan fingerprint density at radius 1 is 1.19 bits per heavy atom. The number of methoxy groups -OCH3 is 1. The first-order chi connectivity index (χ1) is 9.95. The van der Waals surface area contributed by atoms with E-state index >= 15 is 0 Å². The fourth-order valence-corrected chi connectivity index (χ4v) is 1.86. The van der Waals surface area contributed by atoms with Gasteiger partial charge in [0.15, 0.2) is 0 Å². The number of aliphatic hydroxyl groups excluding tert-OH is 1. The highest BCUT2D eigenvalue weighted by Crippen LogP contribution is 2.03. The lowest BCUT2D eigenvalue weighted by atomic mass is 10.2. The zero-order chi connectivity index (χ0) is 15.8. The molecule has 0 saturated heterocycles. The van der Waals surface area contributed by atoms with Crippen LogP contribution >= 0.6 is 0 Å². The molecule has 21 heavy (non-hydrogen) atoms. The van der Waals surface area contributed by atoms with Crippen LogP contribution in [0.3, 0.4) is 0 Å². The van der Waals surface area contributed by atoms with E-state index in [9.17, 15) is 14.7 Å². The van der Waals surface area contributed by atoms with E-state index in [1.54, 1.807) is 38.4 Å². The van der Waals surface area contributed by atoms with Crippen molar-refractivity contribution in [2.75, 3.05) is 40.9 Å². The summed E-state index contributed by atoms with van der Waals surface area (Å²) in [4.78, 5) is 26.9. The molecule has 116 valence electrons. The molecule has 6 nitrogen and oxygen atoms in total. The molecule has 0 aromatic heterocycles. The minimum Gasteiger partial charge on any atom is -0.389 e. The van der Waals surface area contributed by atoms with Crippen LogP contribution in [0.2, 0.25) is 0 Å². The van der Waals surface area contributed by atoms with Gasteiger partial charge >= 0.3 is 0 Å². The van der Waals surface area contributed by atoms with Crippen LogP contribution in [-0.4, -0.2) is 73.7 Å². The summed E-state index contributed by atoms with van der Waals surface area (Å²) in [5, 5.41) is 9.59. The van der Waals surface area contributed by atoms with Gasteiger partial charge < -0.3 is 19.6 Å². The Labute approximate surface area is 124 Å². The second kappa shape index (κ2) is 8.39. The average molecular weight is 294 g/mol. The third-order valence-corrected chi connectivity index (χ3v) is 3.01. The maximum absolute atomic E-state index is 12.1. The summed E-state index contributed by atoms with van der Waals surface area (Å²) in [5.74, 6) is -0.452. The Hall–Kier alpha value is -1.92. The van der Waals surface area contributed by atoms with E-state index in [1.165, 1.54) is 16.9 Å². The first kappa shape index (κ1) is 17.1. The monoisotopic (exact) mass is 294 g/mol. The minimum absolute atomic E-state index is 0.0378. The van der Waals surface area contributed by atoms with Crippen LogP contribution in [0.25, 0.3) is 0 Å². The van der Waals surface area contributed by atoms with Crippen LogP contribution in [-0.2, 0) is 9.53 Å². The van der Waals surface area contributed by atoms with E-state index in [0.29, 0.717) is 5.56 Å². The topological polar surface area (TPSA) is 70.1 Å². The summed E-state index contributed by atoms with van der Waals surface area (Å²) in [7, 11) is 4.64. The van der Waals surface area contributed by atoms with E-state index in [1.807, 2.05) is 6.07 Å². The largest absolute Gasteiger partial charge is 0.389 e. The first-order valence-electron chi connectivity index (χ1n) is 6.67. The molecule has 0 fully saturated rings. The van der Waals surface area contributed by atoms with Crippen LogP contribution in [0.1, 0.15) is 10.4 Å². The fraction of sp³-hybridized carbons (Fsp3) is 0.467. The Bertz CT molecular complexity index is 464. The summed E-state index contributed by atoms with van der Waals surface area (Å²) in [6.07, 6.45) is -0.737. The number of aliphatic hydroxyl groups is 1. The molecule has 1 rings (SSSR count). The molecule has 2 amide bonds. The number of nitrogens with zero attached hydrogens (tertiary/aromatic N) is 2. The van der Waals surface area contributed by atoms with Crippen molar-refractivity contribution >= 4 is 11.8 Å². The van der Waals surface area contributed by atoms with Crippen LogP contribution in [0, 0.1) is 0 Å². The summed E-state index contributed by atoms with van der Waals surface area (Å²) < 4.78 is 4.81. The molecule has 0 aliphatic heterocycles. The number of rotatable bonds is 7. The van der Waals surface area contributed by atoms with Crippen molar-refractivity contribution in [2.45, 2.75) is 6.10 Å². The predicted octanol–water partition coefficient (Wildman–Crippen LogP) is 0.224. The van der Waals surface area contributed by atoms with E-state index in [4.69, 9.17) is 4.74 Å². The summed E-state index contributed by atoms with van der Waals surface area (Å²) in [6, 6.07) is 8.78. The highest BCUT2D eigenvalue weighted by Gasteiger charge is 2.18. The quantitative estimate of drug-likeness (QED) is 0.781. The Balaban J connectivity index is 2.52. The highest BCUT2D eigenvalue weighted by atomic mass is 16.5. The molecule has 0 spiro atoms. The number of likely N-dealkylation sites (N-methyl/N-ethyl adjacent to an activating group) is 2. The van der Waals surface area contributed by atoms with E-state index in [2.05, 4.69) is 0 Å². The second-order valence-corrected chi connectivity index (χ2v) is 4.91. The van der Waals surface area contributed by atoms with Gasteiger partial charge in [-0.3, -0.25) is 9.59 Å². The van der Waals surface area contributed by atoms with Crippen LogP contribution in [0.4, 0.5) is 0 Å². The van der Waals surface area contributed by atoms with Crippen molar-refractivity contribution in [3.05, 3.63) is 35.9 Å². The molecule has 0 heterocycles. The van der Waals surface area contributed by atoms with Crippen LogP contribution in [0.5, 0.6) is 0 Å². The number of hydrogen-bond acceptors (Lipinski definition) is 4. The average Bonchev–Trinajstić information content (AvgIpc) is 2.47. The van der Waals surface area contributed by atoms with Gasteiger partial charge in [-0.25, -0.2) is 0 Å². The van der Waals surface area contributed by atoms with Gasteiger partial charge in [-0.1, -0.05) is 18.2 Å². The van der Waals surface area contributed by atoms with Gasteiger partial charge in [-0.15, -0.1) is 0 Å². The van der Waals surface area contributed by atoms with Gasteiger partial charge in [0.2, 0.25) is 5.91 Å². The van der Waals surface area contributed by atoms with Crippen molar-refractivity contribution < 1.29 is 19.4 Å². The number of amides is 2. The van der Waals surface area contributed by atoms with E-state index < -0.39 is 6.10 Å². The molecule has 0 bridgehead atoms. The lowest BCUT2D eigenvalue weighted by Gasteiger charge is -2.24. The number of carbonyl (C=O) groups is 2. The molecule has 1 aromatic carbocycles. The number of benzene rings is 1. The molecular weight excluding hydrogens is 272 g/mol. The van der Waals surface area contributed by atoms with Gasteiger partial charge in [0.1, 0.15) is 0 Å². The number of carbonyl (C=O) groups excluding carboxylic acids is 2. The van der Waals surface area contributed by atoms with Gasteiger partial charge in [-0.2, -0.15) is 0 Å². The summed E-state index contributed by atoms with van der Waals surface area (Å²) >= 11 is 0. The van der Waals surface area contributed by atoms with E-state index in [0.717, 1.165) is 0 Å². The molecule has 1 atom stereocenters. The molecule has 0 saturated carbocycles. The van der Waals surface area contributed by atoms with Crippen molar-refractivity contribution in [1.29, 1.82) is 0 Å². The SMILES string of the molecule is COCC(O)CN(C)C(=O)CN(C)C(=O)c1ccccc1. The van der Waals surface area contributed by atoms with Crippen LogP contribution < -0.4 is 0 Å². The van der Waals surface area contributed by atoms with Gasteiger partial charge in [0.25, 0.3) is 5.91 Å². The normalized spacial score (nSPS) is 11.8. The first-order valence-corrected chi connectivity index (χ1v) is 6.67. The highest BCUT2D eigenvalue weighted by molar-refractivity contribution is 5.96. The third-order valence-electron chi connectivity index (χ3n) is 3.01. The van der Waals surface area contributed by atoms with Crippen molar-refractivity contribution in [3.63, 3.8) is 0 Å². The molecule has 1 aromatic rings. The maximum Gasteiger partial charge on any atom is 0.254 e. The number of hydrogen-bond donors (Lipinski definition) is 1. The molecule has 6 heteroatoms. The van der Waals surface area contributed by atoms with Gasteiger partial charge in [0, 0.05) is 33.3 Å². The molecule has 1 N–H and O–H groups in total. The van der Waals surface area contributed by atoms with Crippen molar-refractivity contribution in [2.24, 2.45) is 0 Å². The summed E-state index contributed by atoms with van der Waals surface area (Å²) in [6.45, 7) is 0.292. The smallest absolute Gasteiger partial charge is 0.254 e. The molecule has 0 aliphatic rings. The lowest BCUT2D eigenvalue weighted by molar-refractivity contribution is -0.132. The summed E-state index contributed by atoms with van der Waals surface area (Å²) in [5.41, 5.74) is 0.537. The molecule has 0 radical (unpaired) electrons. The lowest BCUT2D eigenvalue weighted by Crippen LogP contribution is -2.42. The zero-order valence-corrected chi connectivity index (χ0v) is 12.7. The number of ether oxygens (including phenoxy) is 1. The third kappa shape index (κ3) is 5.53. The standard InChI is InChI=1S/C15H22N2O4/c1-16(9-13(18)11-21-3)14(19)10-17(2)15(20)12-7-5-4-6-8-12/h4-8,13,18H,9-11H2,1-3H3. The molecule has 1 unspecified atom stereocenters.